The van der Waals surface area contributed by atoms with E-state index in [1.54, 1.807) is 7.11 Å². The Morgan fingerprint density at radius 3 is 2.75 bits per heavy atom. The number of hydroxylamine groups is 2. The normalized spacial score (nSPS) is 23.1. The third-order valence-electron chi connectivity index (χ3n) is 6.68. The molecule has 0 aromatic carbocycles. The molecule has 176 valence electrons. The number of thiophene rings is 1. The monoisotopic (exact) mass is 482 g/mol. The van der Waals surface area contributed by atoms with Crippen molar-refractivity contribution in [2.45, 2.75) is 62.5 Å². The van der Waals surface area contributed by atoms with E-state index in [2.05, 4.69) is 6.07 Å². The number of aromatic nitrogens is 1. The number of nitrogens with zero attached hydrogens (tertiary/aromatic N) is 2. The van der Waals surface area contributed by atoms with Crippen molar-refractivity contribution in [1.29, 1.82) is 0 Å². The van der Waals surface area contributed by atoms with Crippen LogP contribution in [0.25, 0.3) is 0 Å². The van der Waals surface area contributed by atoms with Crippen LogP contribution in [0.3, 0.4) is 0 Å². The summed E-state index contributed by atoms with van der Waals surface area (Å²) in [6, 6.07) is 7.81. The highest BCUT2D eigenvalue weighted by Gasteiger charge is 2.48. The van der Waals surface area contributed by atoms with Crippen molar-refractivity contribution in [2.75, 3.05) is 20.3 Å². The van der Waals surface area contributed by atoms with Crippen LogP contribution in [0.4, 0.5) is 0 Å². The molecule has 2 fully saturated rings. The van der Waals surface area contributed by atoms with Gasteiger partial charge in [-0.3, -0.25) is 4.98 Å². The third-order valence-corrected chi connectivity index (χ3v) is 8.01. The van der Waals surface area contributed by atoms with Gasteiger partial charge in [0.1, 0.15) is 5.75 Å². The summed E-state index contributed by atoms with van der Waals surface area (Å²) < 4.78 is 28.5. The highest BCUT2D eigenvalue weighted by atomic mass is 32.1. The van der Waals surface area contributed by atoms with E-state index in [0.29, 0.717) is 25.3 Å². The fraction of sp³-hybridized carbons (Fsp3) is 0.591. The fourth-order valence-electron chi connectivity index (χ4n) is 5.22. The molecule has 3 heterocycles. The minimum atomic E-state index is -4.71. The predicted octanol–water partition coefficient (Wildman–Crippen LogP) is 4.43. The van der Waals surface area contributed by atoms with Crippen molar-refractivity contribution < 1.29 is 28.5 Å². The molecule has 1 saturated carbocycles. The highest BCUT2D eigenvalue weighted by Crippen LogP contribution is 2.50. The Kier molecular flexibility index (Phi) is 7.36. The number of methoxy groups -OCH3 is 1. The lowest BCUT2D eigenvalue weighted by Crippen LogP contribution is -2.47. The topological polar surface area (TPSA) is 101 Å². The summed E-state index contributed by atoms with van der Waals surface area (Å²) in [7, 11) is -3.12. The molecule has 10 heteroatoms. The molecule has 8 nitrogen and oxygen atoms in total. The van der Waals surface area contributed by atoms with Crippen LogP contribution < -0.4 is 4.74 Å². The van der Waals surface area contributed by atoms with E-state index >= 15 is 0 Å². The Morgan fingerprint density at radius 2 is 2.06 bits per heavy atom. The zero-order valence-electron chi connectivity index (χ0n) is 18.3. The lowest BCUT2D eigenvalue weighted by molar-refractivity contribution is -0.121. The Balaban J connectivity index is 1.58. The number of ether oxygens (including phenoxy) is 2. The molecular formula is C22H31N2O6PS. The maximum Gasteiger partial charge on any atom is 0.486 e. The van der Waals surface area contributed by atoms with Crippen LogP contribution >= 0.6 is 19.2 Å². The average Bonchev–Trinajstić information content (AvgIpc) is 3.41. The molecule has 4 rings (SSSR count). The van der Waals surface area contributed by atoms with Gasteiger partial charge in [-0.05, 0) is 55.7 Å². The van der Waals surface area contributed by atoms with Crippen LogP contribution in [0.1, 0.15) is 55.5 Å². The first-order chi connectivity index (χ1) is 15.3. The van der Waals surface area contributed by atoms with Crippen molar-refractivity contribution >= 4 is 19.2 Å². The van der Waals surface area contributed by atoms with Gasteiger partial charge in [-0.25, -0.2) is 4.57 Å². The van der Waals surface area contributed by atoms with E-state index in [9.17, 15) is 14.4 Å². The molecule has 0 radical (unpaired) electrons. The summed E-state index contributed by atoms with van der Waals surface area (Å²) in [4.78, 5) is 24.6. The van der Waals surface area contributed by atoms with Gasteiger partial charge in [-0.1, -0.05) is 18.9 Å². The van der Waals surface area contributed by atoms with E-state index in [0.717, 1.165) is 36.3 Å². The van der Waals surface area contributed by atoms with Crippen LogP contribution in [0.15, 0.2) is 35.8 Å². The Labute approximate surface area is 192 Å². The second kappa shape index (κ2) is 9.89. The highest BCUT2D eigenvalue weighted by molar-refractivity contribution is 7.46. The molecule has 0 bridgehead atoms. The van der Waals surface area contributed by atoms with Gasteiger partial charge in [0.05, 0.1) is 24.1 Å². The van der Waals surface area contributed by atoms with Crippen LogP contribution in [0.2, 0.25) is 0 Å². The first kappa shape index (κ1) is 23.8. The molecule has 0 unspecified atom stereocenters. The zero-order valence-corrected chi connectivity index (χ0v) is 20.0. The van der Waals surface area contributed by atoms with Gasteiger partial charge in [0, 0.05) is 30.5 Å². The molecule has 0 amide bonds. The molecule has 2 aromatic rings. The summed E-state index contributed by atoms with van der Waals surface area (Å²) in [5.41, 5.74) is 0.654. The van der Waals surface area contributed by atoms with Crippen molar-refractivity contribution in [3.63, 3.8) is 0 Å². The van der Waals surface area contributed by atoms with E-state index < -0.39 is 7.82 Å². The molecule has 2 aliphatic rings. The quantitative estimate of drug-likeness (QED) is 0.400. The molecule has 32 heavy (non-hydrogen) atoms. The lowest BCUT2D eigenvalue weighted by Gasteiger charge is -2.47. The number of rotatable bonds is 9. The maximum absolute atomic E-state index is 11.7. The van der Waals surface area contributed by atoms with E-state index in [4.69, 9.17) is 19.1 Å². The largest absolute Gasteiger partial charge is 0.496 e. The molecule has 2 N–H and O–H groups in total. The summed E-state index contributed by atoms with van der Waals surface area (Å²) in [5, 5.41) is 3.26. The lowest BCUT2D eigenvalue weighted by atomic mass is 9.68. The van der Waals surface area contributed by atoms with Gasteiger partial charge in [0.2, 0.25) is 0 Å². The van der Waals surface area contributed by atoms with Crippen molar-refractivity contribution in [3.05, 3.63) is 46.4 Å². The fourth-order valence-corrected chi connectivity index (χ4v) is 6.50. The molecular weight excluding hydrogens is 451 g/mol. The summed E-state index contributed by atoms with van der Waals surface area (Å²) in [6.45, 7) is 1.24. The van der Waals surface area contributed by atoms with Crippen LogP contribution in [-0.4, -0.2) is 45.7 Å². The van der Waals surface area contributed by atoms with Gasteiger partial charge in [-0.15, -0.1) is 11.3 Å². The van der Waals surface area contributed by atoms with Gasteiger partial charge in [0.15, 0.2) is 0 Å². The van der Waals surface area contributed by atoms with Gasteiger partial charge in [0.25, 0.3) is 0 Å². The van der Waals surface area contributed by atoms with Gasteiger partial charge < -0.3 is 19.3 Å². The minimum absolute atomic E-state index is 0.123. The zero-order chi connectivity index (χ0) is 22.7. The van der Waals surface area contributed by atoms with Gasteiger partial charge >= 0.3 is 7.82 Å². The number of pyridine rings is 1. The first-order valence-corrected chi connectivity index (χ1v) is 13.4. The molecule has 1 aliphatic heterocycles. The molecule has 2 aromatic heterocycles. The smallest absolute Gasteiger partial charge is 0.486 e. The predicted molar refractivity (Wildman–Crippen MR) is 121 cm³/mol. The Bertz CT molecular complexity index is 930. The maximum atomic E-state index is 11.7. The Morgan fingerprint density at radius 1 is 1.25 bits per heavy atom. The Hall–Kier alpha value is -1.32. The first-order valence-electron chi connectivity index (χ1n) is 11.0. The second-order valence-electron chi connectivity index (χ2n) is 8.76. The van der Waals surface area contributed by atoms with E-state index in [1.165, 1.54) is 29.2 Å². The van der Waals surface area contributed by atoms with Gasteiger partial charge in [-0.2, -0.15) is 9.69 Å². The van der Waals surface area contributed by atoms with E-state index in [1.807, 2.05) is 29.8 Å². The van der Waals surface area contributed by atoms with Crippen molar-refractivity contribution in [2.24, 2.45) is 0 Å². The number of hydrogen-bond acceptors (Lipinski definition) is 7. The standard InChI is InChI=1S/C22H31N2O6PS/c1-28-18-7-15-32-19(18)16-24(30-31(25,26)27)13-10-21(20-6-2-5-12-23-20)11-14-29-22(17-21)8-3-4-9-22/h2,5-7,12,15H,3-4,8-11,13-14,16-17H2,1H3,(H2,25,26,27)/t21-/m1/s1. The summed E-state index contributed by atoms with van der Waals surface area (Å²) in [6.07, 6.45) is 8.60. The third kappa shape index (κ3) is 5.59. The molecule has 1 saturated heterocycles. The van der Waals surface area contributed by atoms with Crippen LogP contribution in [0, 0.1) is 0 Å². The van der Waals surface area contributed by atoms with Crippen molar-refractivity contribution in [1.82, 2.24) is 10.0 Å². The SMILES string of the molecule is COc1ccsc1CN(CC[C@@]1(c2ccccn2)CCOC2(CCCC2)C1)OP(=O)(O)O. The van der Waals surface area contributed by atoms with Crippen LogP contribution in [0.5, 0.6) is 5.75 Å². The molecule has 1 aliphatic carbocycles. The van der Waals surface area contributed by atoms with Crippen LogP contribution in [-0.2, 0) is 25.9 Å². The summed E-state index contributed by atoms with van der Waals surface area (Å²) >= 11 is 1.47. The average molecular weight is 483 g/mol. The minimum Gasteiger partial charge on any atom is -0.496 e. The number of phosphoric acid groups is 1. The number of hydrogen-bond donors (Lipinski definition) is 2. The second-order valence-corrected chi connectivity index (χ2v) is 10.9. The summed E-state index contributed by atoms with van der Waals surface area (Å²) in [5.74, 6) is 0.685. The molecule has 1 atom stereocenters. The van der Waals surface area contributed by atoms with E-state index in [-0.39, 0.29) is 17.6 Å². The molecule has 1 spiro atoms. The van der Waals surface area contributed by atoms with Crippen molar-refractivity contribution in [3.8, 4) is 5.75 Å².